The van der Waals surface area contributed by atoms with Crippen LogP contribution in [0.25, 0.3) is 0 Å². The van der Waals surface area contributed by atoms with Gasteiger partial charge in [0.05, 0.1) is 0 Å². The lowest BCUT2D eigenvalue weighted by Gasteiger charge is -2.09. The Hall–Kier alpha value is 0. The zero-order valence-corrected chi connectivity index (χ0v) is 12.6. The first-order valence-electron chi connectivity index (χ1n) is 8.09. The van der Waals surface area contributed by atoms with Crippen molar-refractivity contribution < 1.29 is 0 Å². The first kappa shape index (κ1) is 17.0. The van der Waals surface area contributed by atoms with Crippen LogP contribution < -0.4 is 0 Å². The second kappa shape index (κ2) is 14.1. The van der Waals surface area contributed by atoms with Crippen LogP contribution in [0.4, 0.5) is 0 Å². The number of unbranched alkanes of at least 4 members (excludes halogenated alkanes) is 9. The SMILES string of the molecule is C[CH]CCC(C)CCCCCCCCCCC. The lowest BCUT2D eigenvalue weighted by atomic mass is 9.97. The fraction of sp³-hybridized carbons (Fsp3) is 0.941. The van der Waals surface area contributed by atoms with Gasteiger partial charge in [0.2, 0.25) is 0 Å². The molecule has 0 aliphatic rings. The quantitative estimate of drug-likeness (QED) is 0.320. The molecule has 0 fully saturated rings. The van der Waals surface area contributed by atoms with E-state index in [0.29, 0.717) is 0 Å². The fourth-order valence-corrected chi connectivity index (χ4v) is 2.40. The first-order chi connectivity index (χ1) is 8.31. The van der Waals surface area contributed by atoms with Crippen molar-refractivity contribution >= 4 is 0 Å². The summed E-state index contributed by atoms with van der Waals surface area (Å²) in [7, 11) is 0. The van der Waals surface area contributed by atoms with E-state index in [4.69, 9.17) is 0 Å². The lowest BCUT2D eigenvalue weighted by molar-refractivity contribution is 0.453. The molecule has 0 heteroatoms. The van der Waals surface area contributed by atoms with Gasteiger partial charge in [0.25, 0.3) is 0 Å². The molecule has 0 rings (SSSR count). The maximum atomic E-state index is 2.41. The van der Waals surface area contributed by atoms with Crippen LogP contribution in [0, 0.1) is 12.3 Å². The second-order valence-corrected chi connectivity index (χ2v) is 5.71. The first-order valence-corrected chi connectivity index (χ1v) is 8.09. The molecule has 103 valence electrons. The van der Waals surface area contributed by atoms with Crippen molar-refractivity contribution in [3.05, 3.63) is 6.42 Å². The average Bonchev–Trinajstić information content (AvgIpc) is 2.34. The van der Waals surface area contributed by atoms with E-state index in [0.717, 1.165) is 5.92 Å². The molecule has 0 aromatic heterocycles. The topological polar surface area (TPSA) is 0 Å². The molecule has 0 bridgehead atoms. The molecule has 0 aliphatic carbocycles. The summed E-state index contributed by atoms with van der Waals surface area (Å²) in [6, 6.07) is 0. The van der Waals surface area contributed by atoms with Crippen LogP contribution in [0.3, 0.4) is 0 Å². The smallest absolute Gasteiger partial charge is 0.0417 e. The maximum Gasteiger partial charge on any atom is -0.0417 e. The Bertz CT molecular complexity index is 128. The van der Waals surface area contributed by atoms with Crippen LogP contribution >= 0.6 is 0 Å². The van der Waals surface area contributed by atoms with Crippen molar-refractivity contribution in [1.82, 2.24) is 0 Å². The lowest BCUT2D eigenvalue weighted by Crippen LogP contribution is -1.94. The largest absolute Gasteiger partial charge is 0.0654 e. The van der Waals surface area contributed by atoms with Gasteiger partial charge >= 0.3 is 0 Å². The molecular weight excluding hydrogens is 204 g/mol. The van der Waals surface area contributed by atoms with E-state index in [-0.39, 0.29) is 0 Å². The predicted octanol–water partition coefficient (Wildman–Crippen LogP) is 6.55. The number of rotatable bonds is 13. The van der Waals surface area contributed by atoms with Gasteiger partial charge in [-0.25, -0.2) is 0 Å². The second-order valence-electron chi connectivity index (χ2n) is 5.71. The molecule has 0 aromatic carbocycles. The Labute approximate surface area is 111 Å². The molecule has 1 radical (unpaired) electrons. The van der Waals surface area contributed by atoms with Crippen molar-refractivity contribution in [1.29, 1.82) is 0 Å². The summed E-state index contributed by atoms with van der Waals surface area (Å²) < 4.78 is 0. The fourth-order valence-electron chi connectivity index (χ4n) is 2.40. The Morgan fingerprint density at radius 1 is 0.765 bits per heavy atom. The van der Waals surface area contributed by atoms with E-state index in [1.54, 1.807) is 0 Å². The highest BCUT2D eigenvalue weighted by molar-refractivity contribution is 4.61. The van der Waals surface area contributed by atoms with Gasteiger partial charge in [0, 0.05) is 0 Å². The van der Waals surface area contributed by atoms with Crippen molar-refractivity contribution in [2.24, 2.45) is 5.92 Å². The van der Waals surface area contributed by atoms with E-state index in [2.05, 4.69) is 27.2 Å². The van der Waals surface area contributed by atoms with Crippen LogP contribution in [0.1, 0.15) is 97.8 Å². The zero-order chi connectivity index (χ0) is 12.8. The van der Waals surface area contributed by atoms with E-state index in [9.17, 15) is 0 Å². The molecule has 0 heterocycles. The third kappa shape index (κ3) is 13.9. The maximum absolute atomic E-state index is 2.41. The monoisotopic (exact) mass is 239 g/mol. The summed E-state index contributed by atoms with van der Waals surface area (Å²) in [6.07, 6.45) is 19.5. The van der Waals surface area contributed by atoms with Crippen molar-refractivity contribution in [3.63, 3.8) is 0 Å². The van der Waals surface area contributed by atoms with E-state index in [1.807, 2.05) is 0 Å². The van der Waals surface area contributed by atoms with E-state index >= 15 is 0 Å². The highest BCUT2D eigenvalue weighted by Crippen LogP contribution is 2.17. The van der Waals surface area contributed by atoms with Gasteiger partial charge in [-0.15, -0.1) is 0 Å². The number of hydrogen-bond donors (Lipinski definition) is 0. The molecule has 0 aromatic rings. The van der Waals surface area contributed by atoms with Crippen LogP contribution in [-0.4, -0.2) is 0 Å². The summed E-state index contributed by atoms with van der Waals surface area (Å²) in [4.78, 5) is 0. The van der Waals surface area contributed by atoms with Crippen LogP contribution in [-0.2, 0) is 0 Å². The summed E-state index contributed by atoms with van der Waals surface area (Å²) in [6.45, 7) is 6.87. The number of hydrogen-bond acceptors (Lipinski definition) is 0. The molecule has 1 unspecified atom stereocenters. The van der Waals surface area contributed by atoms with Crippen molar-refractivity contribution in [2.45, 2.75) is 97.8 Å². The summed E-state index contributed by atoms with van der Waals surface area (Å²) in [5.41, 5.74) is 0. The minimum atomic E-state index is 0.941. The van der Waals surface area contributed by atoms with Crippen molar-refractivity contribution in [2.75, 3.05) is 0 Å². The van der Waals surface area contributed by atoms with Gasteiger partial charge in [0.15, 0.2) is 0 Å². The molecule has 0 spiro atoms. The third-order valence-electron chi connectivity index (χ3n) is 3.75. The van der Waals surface area contributed by atoms with E-state index in [1.165, 1.54) is 77.0 Å². The molecule has 17 heavy (non-hydrogen) atoms. The van der Waals surface area contributed by atoms with Gasteiger partial charge in [-0.3, -0.25) is 0 Å². The molecule has 0 amide bonds. The van der Waals surface area contributed by atoms with Gasteiger partial charge in [-0.2, -0.15) is 0 Å². The highest BCUT2D eigenvalue weighted by Gasteiger charge is 2.00. The van der Waals surface area contributed by atoms with Gasteiger partial charge < -0.3 is 0 Å². The molecule has 0 N–H and O–H groups in total. The predicted molar refractivity (Wildman–Crippen MR) is 80.2 cm³/mol. The minimum Gasteiger partial charge on any atom is -0.0654 e. The van der Waals surface area contributed by atoms with Gasteiger partial charge in [0.1, 0.15) is 0 Å². The van der Waals surface area contributed by atoms with Crippen LogP contribution in [0.2, 0.25) is 0 Å². The molecule has 0 saturated heterocycles. The molecular formula is C17H35. The molecule has 1 atom stereocenters. The summed E-state index contributed by atoms with van der Waals surface area (Å²) in [5, 5.41) is 0. The molecule has 0 aliphatic heterocycles. The molecule has 0 nitrogen and oxygen atoms in total. The minimum absolute atomic E-state index is 0.941. The zero-order valence-electron chi connectivity index (χ0n) is 12.6. The Morgan fingerprint density at radius 2 is 1.29 bits per heavy atom. The van der Waals surface area contributed by atoms with Crippen molar-refractivity contribution in [3.8, 4) is 0 Å². The highest BCUT2D eigenvalue weighted by atomic mass is 14.1. The third-order valence-corrected chi connectivity index (χ3v) is 3.75. The van der Waals surface area contributed by atoms with Crippen LogP contribution in [0.15, 0.2) is 0 Å². The Kier molecular flexibility index (Phi) is 14.1. The van der Waals surface area contributed by atoms with Gasteiger partial charge in [-0.1, -0.05) is 97.8 Å². The normalized spacial score (nSPS) is 12.9. The van der Waals surface area contributed by atoms with E-state index < -0.39 is 0 Å². The Balaban J connectivity index is 3.02. The summed E-state index contributed by atoms with van der Waals surface area (Å²) in [5.74, 6) is 0.941. The summed E-state index contributed by atoms with van der Waals surface area (Å²) >= 11 is 0. The van der Waals surface area contributed by atoms with Gasteiger partial charge in [-0.05, 0) is 12.3 Å². The van der Waals surface area contributed by atoms with Crippen LogP contribution in [0.5, 0.6) is 0 Å². The Morgan fingerprint density at radius 3 is 1.82 bits per heavy atom. The standard InChI is InChI=1S/C17H35/c1-4-6-8-9-10-11-12-13-14-16-17(3)15-7-5-2/h5,17H,4,6-16H2,1-3H3. The molecule has 0 saturated carbocycles. The average molecular weight is 239 g/mol.